The molecule has 1 fully saturated rings. The summed E-state index contributed by atoms with van der Waals surface area (Å²) in [5.41, 5.74) is 0.854. The summed E-state index contributed by atoms with van der Waals surface area (Å²) in [5.74, 6) is 2.12. The van der Waals surface area contributed by atoms with Crippen molar-refractivity contribution in [3.8, 4) is 0 Å². The van der Waals surface area contributed by atoms with Gasteiger partial charge in [-0.15, -0.1) is 22.0 Å². The Kier molecular flexibility index (Phi) is 5.64. The van der Waals surface area contributed by atoms with Gasteiger partial charge >= 0.3 is 0 Å². The van der Waals surface area contributed by atoms with Crippen LogP contribution < -0.4 is 0 Å². The van der Waals surface area contributed by atoms with Gasteiger partial charge in [0.15, 0.2) is 5.65 Å². The Hall–Kier alpha value is -2.05. The van der Waals surface area contributed by atoms with Gasteiger partial charge in [0.25, 0.3) is 0 Å². The maximum absolute atomic E-state index is 12.7. The number of fused-ring (bicyclic) bond motifs is 1. The maximum Gasteiger partial charge on any atom is 0.223 e. The number of hydrogen-bond donors (Lipinski definition) is 0. The lowest BCUT2D eigenvalue weighted by molar-refractivity contribution is -0.132. The fraction of sp³-hybridized carbons (Fsp3) is 0.350. The van der Waals surface area contributed by atoms with Crippen LogP contribution in [0.4, 0.5) is 0 Å². The summed E-state index contributed by atoms with van der Waals surface area (Å²) in [4.78, 5) is 15.7. The van der Waals surface area contributed by atoms with Gasteiger partial charge in [-0.05, 0) is 37.1 Å². The highest BCUT2D eigenvalue weighted by molar-refractivity contribution is 7.99. The minimum atomic E-state index is 0.202. The molecule has 2 aromatic heterocycles. The third kappa shape index (κ3) is 4.12. The predicted octanol–water partition coefficient (Wildman–Crippen LogP) is 4.27. The van der Waals surface area contributed by atoms with E-state index in [-0.39, 0.29) is 11.8 Å². The summed E-state index contributed by atoms with van der Waals surface area (Å²) in [5, 5.41) is 9.37. The van der Waals surface area contributed by atoms with E-state index in [1.807, 2.05) is 58.0 Å². The highest BCUT2D eigenvalue weighted by Gasteiger charge is 2.27. The minimum Gasteiger partial charge on any atom is -0.342 e. The first kappa shape index (κ1) is 18.3. The predicted molar refractivity (Wildman–Crippen MR) is 108 cm³/mol. The van der Waals surface area contributed by atoms with Crippen molar-refractivity contribution in [1.82, 2.24) is 19.5 Å². The molecule has 27 heavy (non-hydrogen) atoms. The summed E-state index contributed by atoms with van der Waals surface area (Å²) in [6.45, 7) is 1.54. The quantitative estimate of drug-likeness (QED) is 0.600. The van der Waals surface area contributed by atoms with Crippen LogP contribution in [0.3, 0.4) is 0 Å². The van der Waals surface area contributed by atoms with Crippen LogP contribution in [0.15, 0.2) is 53.6 Å². The summed E-state index contributed by atoms with van der Waals surface area (Å²) in [6, 6.07) is 13.6. The molecule has 0 radical (unpaired) electrons. The summed E-state index contributed by atoms with van der Waals surface area (Å²) < 4.78 is 2.03. The number of nitrogens with zero attached hydrogens (tertiary/aromatic N) is 4. The van der Waals surface area contributed by atoms with Gasteiger partial charge in [0.2, 0.25) is 5.91 Å². The van der Waals surface area contributed by atoms with Crippen LogP contribution in [0.25, 0.3) is 5.65 Å². The molecule has 1 aliphatic rings. The van der Waals surface area contributed by atoms with Gasteiger partial charge in [-0.25, -0.2) is 0 Å². The molecule has 0 bridgehead atoms. The van der Waals surface area contributed by atoms with Crippen LogP contribution >= 0.6 is 23.4 Å². The molecule has 1 saturated heterocycles. The highest BCUT2D eigenvalue weighted by Crippen LogP contribution is 2.29. The SMILES string of the molecule is O=C(CCSc1ccccc1Cl)N1CCCC(c2nnc3ccccn23)C1. The Balaban J connectivity index is 1.36. The van der Waals surface area contributed by atoms with Gasteiger partial charge in [-0.1, -0.05) is 29.8 Å². The van der Waals surface area contributed by atoms with E-state index in [1.165, 1.54) is 0 Å². The number of thioether (sulfide) groups is 1. The lowest BCUT2D eigenvalue weighted by atomic mass is 9.97. The second-order valence-corrected chi connectivity index (χ2v) is 8.24. The molecule has 3 aromatic rings. The largest absolute Gasteiger partial charge is 0.342 e. The van der Waals surface area contributed by atoms with Gasteiger partial charge in [-0.3, -0.25) is 9.20 Å². The standard InChI is InChI=1S/C20H21ClN4OS/c21-16-7-1-2-8-17(16)27-13-10-19(26)24-11-5-6-15(14-24)20-23-22-18-9-3-4-12-25(18)20/h1-4,7-9,12,15H,5-6,10-11,13-14H2. The molecule has 0 N–H and O–H groups in total. The minimum absolute atomic E-state index is 0.202. The first-order chi connectivity index (χ1) is 13.2. The molecule has 0 saturated carbocycles. The van der Waals surface area contributed by atoms with E-state index in [0.717, 1.165) is 46.5 Å². The van der Waals surface area contributed by atoms with Gasteiger partial charge < -0.3 is 4.90 Å². The Morgan fingerprint density at radius 3 is 2.93 bits per heavy atom. The number of halogens is 1. The average molecular weight is 401 g/mol. The zero-order chi connectivity index (χ0) is 18.6. The molecule has 0 aliphatic carbocycles. The number of likely N-dealkylation sites (tertiary alicyclic amines) is 1. The van der Waals surface area contributed by atoms with Crippen LogP contribution in [0.2, 0.25) is 5.02 Å². The van der Waals surface area contributed by atoms with Gasteiger partial charge in [-0.2, -0.15) is 0 Å². The molecule has 1 amide bonds. The number of amides is 1. The molecular weight excluding hydrogens is 380 g/mol. The topological polar surface area (TPSA) is 50.5 Å². The monoisotopic (exact) mass is 400 g/mol. The molecular formula is C20H21ClN4OS. The van der Waals surface area contributed by atoms with Crippen molar-refractivity contribution < 1.29 is 4.79 Å². The molecule has 3 heterocycles. The molecule has 1 atom stereocenters. The Bertz CT molecular complexity index is 944. The van der Waals surface area contributed by atoms with Crippen LogP contribution in [-0.4, -0.2) is 44.2 Å². The van der Waals surface area contributed by atoms with E-state index >= 15 is 0 Å². The third-order valence-corrected chi connectivity index (χ3v) is 6.41. The normalized spacial score (nSPS) is 17.4. The fourth-order valence-electron chi connectivity index (χ4n) is 3.52. The van der Waals surface area contributed by atoms with Gasteiger partial charge in [0.1, 0.15) is 5.82 Å². The first-order valence-corrected chi connectivity index (χ1v) is 10.5. The van der Waals surface area contributed by atoms with Crippen LogP contribution in [0.5, 0.6) is 0 Å². The number of hydrogen-bond acceptors (Lipinski definition) is 4. The van der Waals surface area contributed by atoms with Gasteiger partial charge in [0, 0.05) is 42.3 Å². The smallest absolute Gasteiger partial charge is 0.223 e. The van der Waals surface area contributed by atoms with Crippen molar-refractivity contribution in [3.63, 3.8) is 0 Å². The van der Waals surface area contributed by atoms with Crippen LogP contribution in [0, 0.1) is 0 Å². The van der Waals surface area contributed by atoms with E-state index in [9.17, 15) is 4.79 Å². The van der Waals surface area contributed by atoms with Crippen LogP contribution in [-0.2, 0) is 4.79 Å². The molecule has 140 valence electrons. The first-order valence-electron chi connectivity index (χ1n) is 9.17. The lowest BCUT2D eigenvalue weighted by Gasteiger charge is -2.32. The highest BCUT2D eigenvalue weighted by atomic mass is 35.5. The van der Waals surface area contributed by atoms with Crippen LogP contribution in [0.1, 0.15) is 31.0 Å². The summed E-state index contributed by atoms with van der Waals surface area (Å²) in [6.07, 6.45) is 4.54. The van der Waals surface area contributed by atoms with E-state index < -0.39 is 0 Å². The Morgan fingerprint density at radius 1 is 1.19 bits per heavy atom. The number of pyridine rings is 1. The Labute approximate surface area is 167 Å². The number of carbonyl (C=O) groups is 1. The van der Waals surface area contributed by atoms with E-state index in [0.29, 0.717) is 13.0 Å². The number of rotatable bonds is 5. The number of carbonyl (C=O) groups excluding carboxylic acids is 1. The zero-order valence-electron chi connectivity index (χ0n) is 14.9. The van der Waals surface area contributed by atoms with Crippen molar-refractivity contribution in [2.75, 3.05) is 18.8 Å². The molecule has 1 unspecified atom stereocenters. The summed E-state index contributed by atoms with van der Waals surface area (Å²) >= 11 is 7.81. The van der Waals surface area contributed by atoms with Crippen molar-refractivity contribution in [3.05, 3.63) is 59.5 Å². The summed E-state index contributed by atoms with van der Waals surface area (Å²) in [7, 11) is 0. The Morgan fingerprint density at radius 2 is 2.04 bits per heavy atom. The second kappa shape index (κ2) is 8.31. The van der Waals surface area contributed by atoms with E-state index in [1.54, 1.807) is 11.8 Å². The van der Waals surface area contributed by atoms with Crippen molar-refractivity contribution in [2.45, 2.75) is 30.1 Å². The lowest BCUT2D eigenvalue weighted by Crippen LogP contribution is -2.39. The van der Waals surface area contributed by atoms with E-state index in [4.69, 9.17) is 11.6 Å². The van der Waals surface area contributed by atoms with Crippen molar-refractivity contribution in [1.29, 1.82) is 0 Å². The molecule has 0 spiro atoms. The average Bonchev–Trinajstić information content (AvgIpc) is 3.14. The zero-order valence-corrected chi connectivity index (χ0v) is 16.5. The van der Waals surface area contributed by atoms with Crippen molar-refractivity contribution in [2.24, 2.45) is 0 Å². The third-order valence-electron chi connectivity index (χ3n) is 4.89. The van der Waals surface area contributed by atoms with Gasteiger partial charge in [0.05, 0.1) is 5.02 Å². The molecule has 1 aliphatic heterocycles. The maximum atomic E-state index is 12.7. The van der Waals surface area contributed by atoms with E-state index in [2.05, 4.69) is 10.2 Å². The molecule has 1 aromatic carbocycles. The second-order valence-electron chi connectivity index (χ2n) is 6.69. The molecule has 4 rings (SSSR count). The number of piperidine rings is 1. The molecule has 7 heteroatoms. The fourth-order valence-corrected chi connectivity index (χ4v) is 4.70. The van der Waals surface area contributed by atoms with Crippen molar-refractivity contribution >= 4 is 34.9 Å². The molecule has 5 nitrogen and oxygen atoms in total. The number of aromatic nitrogens is 3. The number of benzene rings is 1.